The van der Waals surface area contributed by atoms with Gasteiger partial charge in [-0.15, -0.1) is 0 Å². The zero-order chi connectivity index (χ0) is 12.6. The Morgan fingerprint density at radius 1 is 0.889 bits per heavy atom. The quantitative estimate of drug-likeness (QED) is 0.866. The molecule has 0 unspecified atom stereocenters. The highest BCUT2D eigenvalue weighted by atomic mass is 14.9. The van der Waals surface area contributed by atoms with Gasteiger partial charge in [0, 0.05) is 13.0 Å². The molecular formula is C16H16N2. The SMILES string of the molecule is N#C[C@@H](Cc1ccccc1)NCc1ccccc1. The van der Waals surface area contributed by atoms with Crippen molar-refractivity contribution in [1.29, 1.82) is 5.26 Å². The smallest absolute Gasteiger partial charge is 0.0996 e. The zero-order valence-corrected chi connectivity index (χ0v) is 10.2. The Morgan fingerprint density at radius 3 is 2.00 bits per heavy atom. The molecule has 2 aromatic carbocycles. The Morgan fingerprint density at radius 2 is 1.44 bits per heavy atom. The van der Waals surface area contributed by atoms with Gasteiger partial charge in [-0.05, 0) is 11.1 Å². The number of hydrogen-bond acceptors (Lipinski definition) is 2. The van der Waals surface area contributed by atoms with Crippen molar-refractivity contribution in [3.63, 3.8) is 0 Å². The van der Waals surface area contributed by atoms with Crippen molar-refractivity contribution < 1.29 is 0 Å². The van der Waals surface area contributed by atoms with Crippen LogP contribution in [0.3, 0.4) is 0 Å². The van der Waals surface area contributed by atoms with Crippen LogP contribution < -0.4 is 5.32 Å². The summed E-state index contributed by atoms with van der Waals surface area (Å²) in [7, 11) is 0. The van der Waals surface area contributed by atoms with E-state index >= 15 is 0 Å². The summed E-state index contributed by atoms with van der Waals surface area (Å²) < 4.78 is 0. The summed E-state index contributed by atoms with van der Waals surface area (Å²) in [4.78, 5) is 0. The molecule has 1 atom stereocenters. The van der Waals surface area contributed by atoms with Crippen molar-refractivity contribution in [3.05, 3.63) is 71.8 Å². The van der Waals surface area contributed by atoms with Gasteiger partial charge in [0.25, 0.3) is 0 Å². The molecule has 0 radical (unpaired) electrons. The Labute approximate surface area is 108 Å². The molecular weight excluding hydrogens is 220 g/mol. The van der Waals surface area contributed by atoms with Gasteiger partial charge in [0.1, 0.15) is 0 Å². The van der Waals surface area contributed by atoms with Gasteiger partial charge in [0.05, 0.1) is 12.1 Å². The Hall–Kier alpha value is -2.11. The molecule has 2 aromatic rings. The Bertz CT molecular complexity index is 500. The molecule has 2 nitrogen and oxygen atoms in total. The van der Waals surface area contributed by atoms with Gasteiger partial charge in [0.2, 0.25) is 0 Å². The van der Waals surface area contributed by atoms with E-state index in [-0.39, 0.29) is 6.04 Å². The fourth-order valence-corrected chi connectivity index (χ4v) is 1.85. The largest absolute Gasteiger partial charge is 0.298 e. The molecule has 0 bridgehead atoms. The zero-order valence-electron chi connectivity index (χ0n) is 10.2. The molecule has 18 heavy (non-hydrogen) atoms. The molecule has 0 saturated carbocycles. The highest BCUT2D eigenvalue weighted by Gasteiger charge is 2.07. The lowest BCUT2D eigenvalue weighted by molar-refractivity contribution is 0.599. The van der Waals surface area contributed by atoms with E-state index in [1.807, 2.05) is 36.4 Å². The number of nitrogens with one attached hydrogen (secondary N) is 1. The highest BCUT2D eigenvalue weighted by Crippen LogP contribution is 2.04. The molecule has 0 aliphatic heterocycles. The van der Waals surface area contributed by atoms with E-state index in [4.69, 9.17) is 5.26 Å². The first-order chi connectivity index (χ1) is 8.88. The van der Waals surface area contributed by atoms with Crippen LogP contribution in [0, 0.1) is 11.3 Å². The van der Waals surface area contributed by atoms with Crippen LogP contribution in [0.15, 0.2) is 60.7 Å². The second-order valence-electron chi connectivity index (χ2n) is 4.24. The maximum Gasteiger partial charge on any atom is 0.0996 e. The van der Waals surface area contributed by atoms with Crippen LogP contribution in [0.25, 0.3) is 0 Å². The van der Waals surface area contributed by atoms with Crippen LogP contribution in [0.4, 0.5) is 0 Å². The number of benzene rings is 2. The van der Waals surface area contributed by atoms with E-state index in [1.165, 1.54) is 11.1 Å². The monoisotopic (exact) mass is 236 g/mol. The molecule has 0 fully saturated rings. The lowest BCUT2D eigenvalue weighted by Crippen LogP contribution is -2.29. The van der Waals surface area contributed by atoms with Crippen LogP contribution >= 0.6 is 0 Å². The molecule has 0 spiro atoms. The van der Waals surface area contributed by atoms with Crippen LogP contribution in [0.2, 0.25) is 0 Å². The van der Waals surface area contributed by atoms with Gasteiger partial charge in [-0.3, -0.25) is 5.32 Å². The number of nitrogens with zero attached hydrogens (tertiary/aromatic N) is 1. The first kappa shape index (κ1) is 12.3. The minimum absolute atomic E-state index is 0.146. The fourth-order valence-electron chi connectivity index (χ4n) is 1.85. The third kappa shape index (κ3) is 3.73. The van der Waals surface area contributed by atoms with Crippen molar-refractivity contribution in [1.82, 2.24) is 5.32 Å². The van der Waals surface area contributed by atoms with E-state index in [9.17, 15) is 0 Å². The summed E-state index contributed by atoms with van der Waals surface area (Å²) >= 11 is 0. The second kappa shape index (κ2) is 6.58. The summed E-state index contributed by atoms with van der Waals surface area (Å²) in [6.07, 6.45) is 0.740. The number of hydrogen-bond donors (Lipinski definition) is 1. The van der Waals surface area contributed by atoms with E-state index < -0.39 is 0 Å². The maximum absolute atomic E-state index is 9.15. The van der Waals surface area contributed by atoms with E-state index in [0.29, 0.717) is 0 Å². The van der Waals surface area contributed by atoms with Gasteiger partial charge in [-0.1, -0.05) is 60.7 Å². The predicted octanol–water partition coefficient (Wildman–Crippen LogP) is 2.91. The average Bonchev–Trinajstić information content (AvgIpc) is 2.45. The van der Waals surface area contributed by atoms with Crippen molar-refractivity contribution in [3.8, 4) is 6.07 Å². The molecule has 0 aliphatic carbocycles. The van der Waals surface area contributed by atoms with Crippen molar-refractivity contribution >= 4 is 0 Å². The lowest BCUT2D eigenvalue weighted by atomic mass is 10.1. The molecule has 0 amide bonds. The predicted molar refractivity (Wildman–Crippen MR) is 72.8 cm³/mol. The van der Waals surface area contributed by atoms with E-state index in [2.05, 4.69) is 35.7 Å². The third-order valence-electron chi connectivity index (χ3n) is 2.83. The first-order valence-electron chi connectivity index (χ1n) is 6.09. The molecule has 0 heterocycles. The lowest BCUT2D eigenvalue weighted by Gasteiger charge is -2.11. The van der Waals surface area contributed by atoms with Gasteiger partial charge < -0.3 is 0 Å². The van der Waals surface area contributed by atoms with Gasteiger partial charge in [0.15, 0.2) is 0 Å². The number of rotatable bonds is 5. The summed E-state index contributed by atoms with van der Waals surface area (Å²) in [5.74, 6) is 0. The molecule has 1 N–H and O–H groups in total. The first-order valence-corrected chi connectivity index (χ1v) is 6.09. The van der Waals surface area contributed by atoms with Crippen LogP contribution in [-0.4, -0.2) is 6.04 Å². The van der Waals surface area contributed by atoms with Crippen molar-refractivity contribution in [2.45, 2.75) is 19.0 Å². The van der Waals surface area contributed by atoms with E-state index in [0.717, 1.165) is 13.0 Å². The van der Waals surface area contributed by atoms with Crippen LogP contribution in [0.5, 0.6) is 0 Å². The molecule has 0 aromatic heterocycles. The van der Waals surface area contributed by atoms with Crippen molar-refractivity contribution in [2.75, 3.05) is 0 Å². The minimum Gasteiger partial charge on any atom is -0.298 e. The molecule has 90 valence electrons. The minimum atomic E-state index is -0.146. The van der Waals surface area contributed by atoms with Gasteiger partial charge >= 0.3 is 0 Å². The molecule has 0 aliphatic rings. The average molecular weight is 236 g/mol. The summed E-state index contributed by atoms with van der Waals surface area (Å²) in [6.45, 7) is 0.728. The Balaban J connectivity index is 1.89. The van der Waals surface area contributed by atoms with E-state index in [1.54, 1.807) is 0 Å². The van der Waals surface area contributed by atoms with Gasteiger partial charge in [-0.25, -0.2) is 0 Å². The summed E-state index contributed by atoms with van der Waals surface area (Å²) in [5.41, 5.74) is 2.38. The third-order valence-corrected chi connectivity index (χ3v) is 2.83. The fraction of sp³-hybridized carbons (Fsp3) is 0.188. The van der Waals surface area contributed by atoms with Crippen LogP contribution in [0.1, 0.15) is 11.1 Å². The van der Waals surface area contributed by atoms with Gasteiger partial charge in [-0.2, -0.15) is 5.26 Å². The Kier molecular flexibility index (Phi) is 4.52. The number of nitriles is 1. The topological polar surface area (TPSA) is 35.8 Å². The second-order valence-corrected chi connectivity index (χ2v) is 4.24. The summed E-state index contributed by atoms with van der Waals surface area (Å²) in [6, 6.07) is 22.4. The standard InChI is InChI=1S/C16H16N2/c17-12-16(11-14-7-3-1-4-8-14)18-13-15-9-5-2-6-10-15/h1-10,16,18H,11,13H2/t16-/m1/s1. The summed E-state index contributed by atoms with van der Waals surface area (Å²) in [5, 5.41) is 12.4. The maximum atomic E-state index is 9.15. The molecule has 0 saturated heterocycles. The van der Waals surface area contributed by atoms with Crippen molar-refractivity contribution in [2.24, 2.45) is 0 Å². The normalized spacial score (nSPS) is 11.7. The molecule has 2 heteroatoms. The molecule has 2 rings (SSSR count). The van der Waals surface area contributed by atoms with Crippen LogP contribution in [-0.2, 0) is 13.0 Å². The highest BCUT2D eigenvalue weighted by molar-refractivity contribution is 5.19.